The fraction of sp³-hybridized carbons (Fsp3) is 0.929. The number of nitrogens with two attached hydrogens (primary N) is 1. The Morgan fingerprint density at radius 1 is 1.50 bits per heavy atom. The Kier molecular flexibility index (Phi) is 6.09. The van der Waals surface area contributed by atoms with Gasteiger partial charge in [-0.2, -0.15) is 0 Å². The molecule has 4 nitrogen and oxygen atoms in total. The van der Waals surface area contributed by atoms with E-state index in [9.17, 15) is 4.79 Å². The van der Waals surface area contributed by atoms with Gasteiger partial charge in [0, 0.05) is 6.54 Å². The van der Waals surface area contributed by atoms with Crippen molar-refractivity contribution in [2.75, 3.05) is 26.7 Å². The molecule has 18 heavy (non-hydrogen) atoms. The number of carbonyl (C=O) groups excluding carboxylic acids is 1. The summed E-state index contributed by atoms with van der Waals surface area (Å²) >= 11 is 0. The van der Waals surface area contributed by atoms with Crippen LogP contribution in [0.15, 0.2) is 0 Å². The molecular formula is C14H29N3O. The molecule has 0 aromatic heterocycles. The number of primary amides is 1. The third kappa shape index (κ3) is 4.25. The lowest BCUT2D eigenvalue weighted by atomic mass is 9.85. The van der Waals surface area contributed by atoms with Crippen molar-refractivity contribution < 1.29 is 4.79 Å². The second kappa shape index (κ2) is 7.10. The minimum atomic E-state index is -0.560. The maximum Gasteiger partial charge on any atom is 0.237 e. The van der Waals surface area contributed by atoms with E-state index in [1.54, 1.807) is 7.05 Å². The molecule has 106 valence electrons. The van der Waals surface area contributed by atoms with Gasteiger partial charge in [-0.05, 0) is 58.7 Å². The Balaban J connectivity index is 2.27. The SMILES string of the molecule is CCN(CCCC(C)(NC)C(N)=O)CC1CCC1. The molecule has 0 aliphatic heterocycles. The molecule has 1 saturated carbocycles. The van der Waals surface area contributed by atoms with Crippen LogP contribution in [0.3, 0.4) is 0 Å². The predicted molar refractivity (Wildman–Crippen MR) is 75.3 cm³/mol. The maximum absolute atomic E-state index is 11.4. The van der Waals surface area contributed by atoms with Crippen molar-refractivity contribution in [3.05, 3.63) is 0 Å². The molecule has 0 spiro atoms. The van der Waals surface area contributed by atoms with E-state index in [0.717, 1.165) is 31.8 Å². The Morgan fingerprint density at radius 3 is 2.56 bits per heavy atom. The highest BCUT2D eigenvalue weighted by Crippen LogP contribution is 2.27. The van der Waals surface area contributed by atoms with E-state index in [0.29, 0.717) is 0 Å². The molecule has 1 aliphatic rings. The van der Waals surface area contributed by atoms with Crippen LogP contribution in [0, 0.1) is 5.92 Å². The summed E-state index contributed by atoms with van der Waals surface area (Å²) in [6, 6.07) is 0. The monoisotopic (exact) mass is 255 g/mol. The Bertz CT molecular complexity index is 266. The second-order valence-corrected chi connectivity index (χ2v) is 5.74. The van der Waals surface area contributed by atoms with Gasteiger partial charge in [0.15, 0.2) is 0 Å². The molecule has 0 aromatic carbocycles. The van der Waals surface area contributed by atoms with Crippen LogP contribution < -0.4 is 11.1 Å². The van der Waals surface area contributed by atoms with Gasteiger partial charge in [-0.15, -0.1) is 0 Å². The lowest BCUT2D eigenvalue weighted by Gasteiger charge is -2.32. The summed E-state index contributed by atoms with van der Waals surface area (Å²) in [6.07, 6.45) is 6.01. The summed E-state index contributed by atoms with van der Waals surface area (Å²) in [5.41, 5.74) is 4.87. The van der Waals surface area contributed by atoms with Crippen LogP contribution in [0.25, 0.3) is 0 Å². The van der Waals surface area contributed by atoms with Gasteiger partial charge in [0.1, 0.15) is 0 Å². The first-order valence-corrected chi connectivity index (χ1v) is 7.23. The van der Waals surface area contributed by atoms with Crippen molar-refractivity contribution in [2.45, 2.75) is 51.5 Å². The molecule has 0 bridgehead atoms. The molecule has 1 atom stereocenters. The van der Waals surface area contributed by atoms with E-state index in [2.05, 4.69) is 17.1 Å². The number of amides is 1. The fourth-order valence-corrected chi connectivity index (χ4v) is 2.45. The number of likely N-dealkylation sites (N-methyl/N-ethyl adjacent to an activating group) is 1. The summed E-state index contributed by atoms with van der Waals surface area (Å²) in [4.78, 5) is 13.9. The highest BCUT2D eigenvalue weighted by molar-refractivity contribution is 5.84. The van der Waals surface area contributed by atoms with E-state index >= 15 is 0 Å². The Morgan fingerprint density at radius 2 is 2.17 bits per heavy atom. The molecule has 0 aromatic rings. The average Bonchev–Trinajstić information content (AvgIpc) is 2.30. The summed E-state index contributed by atoms with van der Waals surface area (Å²) in [7, 11) is 1.80. The zero-order valence-corrected chi connectivity index (χ0v) is 12.2. The molecule has 0 radical (unpaired) electrons. The van der Waals surface area contributed by atoms with Gasteiger partial charge < -0.3 is 16.0 Å². The first kappa shape index (κ1) is 15.4. The van der Waals surface area contributed by atoms with E-state index in [1.807, 2.05) is 6.92 Å². The van der Waals surface area contributed by atoms with Gasteiger partial charge in [-0.1, -0.05) is 13.3 Å². The molecule has 0 heterocycles. The molecule has 1 rings (SSSR count). The number of nitrogens with one attached hydrogen (secondary N) is 1. The largest absolute Gasteiger partial charge is 0.368 e. The zero-order chi connectivity index (χ0) is 13.6. The van der Waals surface area contributed by atoms with Gasteiger partial charge in [0.2, 0.25) is 5.91 Å². The zero-order valence-electron chi connectivity index (χ0n) is 12.2. The van der Waals surface area contributed by atoms with Crippen molar-refractivity contribution in [1.82, 2.24) is 10.2 Å². The minimum absolute atomic E-state index is 0.257. The highest BCUT2D eigenvalue weighted by Gasteiger charge is 2.28. The Hall–Kier alpha value is -0.610. The summed E-state index contributed by atoms with van der Waals surface area (Å²) in [5, 5.41) is 3.04. The van der Waals surface area contributed by atoms with Gasteiger partial charge in [-0.3, -0.25) is 4.79 Å². The molecule has 0 saturated heterocycles. The number of hydrogen-bond acceptors (Lipinski definition) is 3. The summed E-state index contributed by atoms with van der Waals surface area (Å²) in [6.45, 7) is 7.49. The first-order valence-electron chi connectivity index (χ1n) is 7.23. The van der Waals surface area contributed by atoms with Gasteiger partial charge in [-0.25, -0.2) is 0 Å². The highest BCUT2D eigenvalue weighted by atomic mass is 16.1. The summed E-state index contributed by atoms with van der Waals surface area (Å²) < 4.78 is 0. The number of carbonyl (C=O) groups is 1. The summed E-state index contributed by atoms with van der Waals surface area (Å²) in [5.74, 6) is 0.656. The second-order valence-electron chi connectivity index (χ2n) is 5.74. The number of rotatable bonds is 9. The van der Waals surface area contributed by atoms with Crippen molar-refractivity contribution >= 4 is 5.91 Å². The van der Waals surface area contributed by atoms with E-state index < -0.39 is 5.54 Å². The predicted octanol–water partition coefficient (Wildman–Crippen LogP) is 1.35. The van der Waals surface area contributed by atoms with Crippen LogP contribution in [0.1, 0.15) is 46.0 Å². The van der Waals surface area contributed by atoms with E-state index in [4.69, 9.17) is 5.73 Å². The maximum atomic E-state index is 11.4. The molecular weight excluding hydrogens is 226 g/mol. The molecule has 1 unspecified atom stereocenters. The Labute approximate surface area is 111 Å². The molecule has 1 fully saturated rings. The van der Waals surface area contributed by atoms with Crippen molar-refractivity contribution in [2.24, 2.45) is 11.7 Å². The molecule has 1 amide bonds. The van der Waals surface area contributed by atoms with Crippen LogP contribution in [-0.4, -0.2) is 43.0 Å². The quantitative estimate of drug-likeness (QED) is 0.654. The van der Waals surface area contributed by atoms with Crippen molar-refractivity contribution in [3.8, 4) is 0 Å². The van der Waals surface area contributed by atoms with Crippen LogP contribution in [0.5, 0.6) is 0 Å². The minimum Gasteiger partial charge on any atom is -0.368 e. The standard InChI is InChI=1S/C14H29N3O/c1-4-17(11-12-7-5-8-12)10-6-9-14(2,16-3)13(15)18/h12,16H,4-11H2,1-3H3,(H2,15,18). The smallest absolute Gasteiger partial charge is 0.237 e. The van der Waals surface area contributed by atoms with Gasteiger partial charge in [0.25, 0.3) is 0 Å². The fourth-order valence-electron chi connectivity index (χ4n) is 2.45. The number of nitrogens with zero attached hydrogens (tertiary/aromatic N) is 1. The van der Waals surface area contributed by atoms with Crippen LogP contribution in [0.4, 0.5) is 0 Å². The third-order valence-electron chi connectivity index (χ3n) is 4.44. The van der Waals surface area contributed by atoms with Crippen LogP contribution in [0.2, 0.25) is 0 Å². The average molecular weight is 255 g/mol. The van der Waals surface area contributed by atoms with E-state index in [1.165, 1.54) is 25.8 Å². The van der Waals surface area contributed by atoms with Crippen LogP contribution >= 0.6 is 0 Å². The van der Waals surface area contributed by atoms with Crippen LogP contribution in [-0.2, 0) is 4.79 Å². The topological polar surface area (TPSA) is 58.4 Å². The van der Waals surface area contributed by atoms with Crippen molar-refractivity contribution in [3.63, 3.8) is 0 Å². The first-order chi connectivity index (χ1) is 8.51. The van der Waals surface area contributed by atoms with Gasteiger partial charge in [0.05, 0.1) is 5.54 Å². The van der Waals surface area contributed by atoms with Crippen molar-refractivity contribution in [1.29, 1.82) is 0 Å². The third-order valence-corrected chi connectivity index (χ3v) is 4.44. The lowest BCUT2D eigenvalue weighted by molar-refractivity contribution is -0.123. The molecule has 1 aliphatic carbocycles. The van der Waals surface area contributed by atoms with Gasteiger partial charge >= 0.3 is 0 Å². The normalized spacial score (nSPS) is 19.6. The van der Waals surface area contributed by atoms with E-state index in [-0.39, 0.29) is 5.91 Å². The number of hydrogen-bond donors (Lipinski definition) is 2. The lowest BCUT2D eigenvalue weighted by Crippen LogP contribution is -2.51. The molecule has 3 N–H and O–H groups in total. The molecule has 4 heteroatoms.